The van der Waals surface area contributed by atoms with Crippen molar-refractivity contribution in [1.82, 2.24) is 9.78 Å². The van der Waals surface area contributed by atoms with Crippen molar-refractivity contribution in [3.63, 3.8) is 0 Å². The van der Waals surface area contributed by atoms with Crippen molar-refractivity contribution >= 4 is 5.69 Å². The molecule has 2 aromatic carbocycles. The molecule has 0 unspecified atom stereocenters. The summed E-state index contributed by atoms with van der Waals surface area (Å²) in [6.07, 6.45) is 0. The van der Waals surface area contributed by atoms with Crippen molar-refractivity contribution in [3.05, 3.63) is 91.8 Å². The molecule has 0 atom stereocenters. The van der Waals surface area contributed by atoms with Gasteiger partial charge in [0.2, 0.25) is 0 Å². The first-order valence-electron chi connectivity index (χ1n) is 7.83. The van der Waals surface area contributed by atoms with Gasteiger partial charge in [0.05, 0.1) is 17.2 Å². The fraction of sp³-hybridized carbons (Fsp3) is 0.158. The van der Waals surface area contributed by atoms with Gasteiger partial charge in [-0.3, -0.25) is 14.9 Å². The van der Waals surface area contributed by atoms with Crippen molar-refractivity contribution in [2.24, 2.45) is 0 Å². The zero-order valence-electron chi connectivity index (χ0n) is 14.0. The summed E-state index contributed by atoms with van der Waals surface area (Å²) in [5.41, 5.74) is 4.49. The summed E-state index contributed by atoms with van der Waals surface area (Å²) >= 11 is 0. The minimum Gasteiger partial charge on any atom is -0.268 e. The van der Waals surface area contributed by atoms with Crippen molar-refractivity contribution in [1.29, 1.82) is 0 Å². The van der Waals surface area contributed by atoms with E-state index in [1.54, 1.807) is 18.2 Å². The van der Waals surface area contributed by atoms with Gasteiger partial charge in [0.25, 0.3) is 11.2 Å². The van der Waals surface area contributed by atoms with Crippen LogP contribution in [0.2, 0.25) is 0 Å². The number of rotatable bonds is 4. The molecule has 0 spiro atoms. The molecule has 0 amide bonds. The average molecular weight is 335 g/mol. The molecule has 0 saturated heterocycles. The minimum atomic E-state index is -0.449. The summed E-state index contributed by atoms with van der Waals surface area (Å²) in [6, 6.07) is 15.4. The second-order valence-corrected chi connectivity index (χ2v) is 5.96. The molecule has 1 aromatic heterocycles. The highest BCUT2D eigenvalue weighted by atomic mass is 16.6. The van der Waals surface area contributed by atoms with Crippen LogP contribution in [0.1, 0.15) is 16.7 Å². The highest BCUT2D eigenvalue weighted by molar-refractivity contribution is 5.63. The van der Waals surface area contributed by atoms with Crippen LogP contribution in [0.25, 0.3) is 11.3 Å². The number of non-ortho nitro benzene ring substituents is 1. The molecule has 0 aliphatic rings. The fourth-order valence-electron chi connectivity index (χ4n) is 2.61. The summed E-state index contributed by atoms with van der Waals surface area (Å²) < 4.78 is 1.37. The molecule has 6 nitrogen and oxygen atoms in total. The zero-order chi connectivity index (χ0) is 18.0. The summed E-state index contributed by atoms with van der Waals surface area (Å²) in [5.74, 6) is 0. The third kappa shape index (κ3) is 3.63. The Labute approximate surface area is 144 Å². The van der Waals surface area contributed by atoms with E-state index in [1.807, 2.05) is 32.0 Å². The lowest BCUT2D eigenvalue weighted by molar-refractivity contribution is -0.384. The Balaban J connectivity index is 1.96. The van der Waals surface area contributed by atoms with Gasteiger partial charge < -0.3 is 0 Å². The van der Waals surface area contributed by atoms with Gasteiger partial charge in [-0.1, -0.05) is 29.8 Å². The second-order valence-electron chi connectivity index (χ2n) is 5.96. The molecule has 3 rings (SSSR count). The van der Waals surface area contributed by atoms with Gasteiger partial charge in [-0.05, 0) is 37.1 Å². The Morgan fingerprint density at radius 2 is 1.76 bits per heavy atom. The third-order valence-corrected chi connectivity index (χ3v) is 4.02. The largest absolute Gasteiger partial charge is 0.269 e. The van der Waals surface area contributed by atoms with Crippen LogP contribution in [0.4, 0.5) is 5.69 Å². The molecule has 25 heavy (non-hydrogen) atoms. The molecule has 126 valence electrons. The predicted molar refractivity (Wildman–Crippen MR) is 95.6 cm³/mol. The quantitative estimate of drug-likeness (QED) is 0.540. The smallest absolute Gasteiger partial charge is 0.268 e. The molecule has 0 saturated carbocycles. The van der Waals surface area contributed by atoms with Crippen molar-refractivity contribution in [2.75, 3.05) is 0 Å². The van der Waals surface area contributed by atoms with E-state index in [4.69, 9.17) is 0 Å². The Bertz CT molecular complexity index is 992. The van der Waals surface area contributed by atoms with Crippen LogP contribution in [0.15, 0.2) is 59.4 Å². The van der Waals surface area contributed by atoms with E-state index in [-0.39, 0.29) is 17.8 Å². The Morgan fingerprint density at radius 1 is 1.04 bits per heavy atom. The van der Waals surface area contributed by atoms with Gasteiger partial charge in [-0.25, -0.2) is 4.68 Å². The number of nitro groups is 1. The molecule has 0 N–H and O–H groups in total. The highest BCUT2D eigenvalue weighted by Crippen LogP contribution is 2.22. The second kappa shape index (κ2) is 6.68. The van der Waals surface area contributed by atoms with E-state index < -0.39 is 4.92 Å². The van der Waals surface area contributed by atoms with E-state index in [2.05, 4.69) is 5.10 Å². The molecule has 0 bridgehead atoms. The number of hydrogen-bond donors (Lipinski definition) is 0. The lowest BCUT2D eigenvalue weighted by Crippen LogP contribution is -2.22. The average Bonchev–Trinajstić information content (AvgIpc) is 2.59. The van der Waals surface area contributed by atoms with Crippen LogP contribution in [-0.2, 0) is 6.54 Å². The van der Waals surface area contributed by atoms with Gasteiger partial charge in [-0.15, -0.1) is 0 Å². The lowest BCUT2D eigenvalue weighted by atomic mass is 10.0. The topological polar surface area (TPSA) is 78.0 Å². The molecule has 0 aliphatic heterocycles. The maximum atomic E-state index is 12.1. The van der Waals surface area contributed by atoms with Gasteiger partial charge in [0.1, 0.15) is 0 Å². The van der Waals surface area contributed by atoms with E-state index >= 15 is 0 Å². The number of aromatic nitrogens is 2. The molecule has 6 heteroatoms. The SMILES string of the molecule is Cc1ccc(C)c(-c2ccc(=O)n(Cc3ccc([N+](=O)[O-])cc3)n2)c1. The number of nitro benzene ring substituents is 1. The predicted octanol–water partition coefficient (Wildman–Crippen LogP) is 3.48. The van der Waals surface area contributed by atoms with Gasteiger partial charge >= 0.3 is 0 Å². The first kappa shape index (κ1) is 16.6. The highest BCUT2D eigenvalue weighted by Gasteiger charge is 2.09. The van der Waals surface area contributed by atoms with Crippen molar-refractivity contribution in [2.45, 2.75) is 20.4 Å². The molecular formula is C19H17N3O3. The van der Waals surface area contributed by atoms with Crippen LogP contribution in [0, 0.1) is 24.0 Å². The Kier molecular flexibility index (Phi) is 4.43. The number of aryl methyl sites for hydroxylation is 2. The number of hydrogen-bond acceptors (Lipinski definition) is 4. The monoisotopic (exact) mass is 335 g/mol. The van der Waals surface area contributed by atoms with Gasteiger partial charge in [-0.2, -0.15) is 5.10 Å². The van der Waals surface area contributed by atoms with Gasteiger partial charge in [0, 0.05) is 23.8 Å². The van der Waals surface area contributed by atoms with Crippen LogP contribution in [0.5, 0.6) is 0 Å². The summed E-state index contributed by atoms with van der Waals surface area (Å²) in [6.45, 7) is 4.27. The van der Waals surface area contributed by atoms with Crippen LogP contribution < -0.4 is 5.56 Å². The van der Waals surface area contributed by atoms with E-state index in [9.17, 15) is 14.9 Å². The molecular weight excluding hydrogens is 318 g/mol. The van der Waals surface area contributed by atoms with Crippen LogP contribution >= 0.6 is 0 Å². The summed E-state index contributed by atoms with van der Waals surface area (Å²) in [5, 5.41) is 15.2. The van der Waals surface area contributed by atoms with Gasteiger partial charge in [0.15, 0.2) is 0 Å². The minimum absolute atomic E-state index is 0.0215. The van der Waals surface area contributed by atoms with Crippen molar-refractivity contribution < 1.29 is 4.92 Å². The zero-order valence-corrected chi connectivity index (χ0v) is 14.0. The molecule has 0 aliphatic carbocycles. The van der Waals surface area contributed by atoms with E-state index in [1.165, 1.54) is 22.9 Å². The van der Waals surface area contributed by atoms with E-state index in [0.29, 0.717) is 0 Å². The summed E-state index contributed by atoms with van der Waals surface area (Å²) in [7, 11) is 0. The summed E-state index contributed by atoms with van der Waals surface area (Å²) in [4.78, 5) is 22.4. The molecule has 1 heterocycles. The Hall–Kier alpha value is -3.28. The Morgan fingerprint density at radius 3 is 2.44 bits per heavy atom. The van der Waals surface area contributed by atoms with Crippen molar-refractivity contribution in [3.8, 4) is 11.3 Å². The third-order valence-electron chi connectivity index (χ3n) is 4.02. The van der Waals surface area contributed by atoms with Crippen LogP contribution in [-0.4, -0.2) is 14.7 Å². The molecule has 3 aromatic rings. The number of nitrogens with zero attached hydrogens (tertiary/aromatic N) is 3. The first-order valence-corrected chi connectivity index (χ1v) is 7.83. The maximum absolute atomic E-state index is 12.1. The molecule has 0 radical (unpaired) electrons. The van der Waals surface area contributed by atoms with Crippen LogP contribution in [0.3, 0.4) is 0 Å². The lowest BCUT2D eigenvalue weighted by Gasteiger charge is -2.10. The maximum Gasteiger partial charge on any atom is 0.269 e. The molecule has 0 fully saturated rings. The first-order chi connectivity index (χ1) is 11.9. The normalized spacial score (nSPS) is 10.6. The van der Waals surface area contributed by atoms with E-state index in [0.717, 1.165) is 27.9 Å². The standard InChI is InChI=1S/C19H17N3O3/c1-13-3-4-14(2)17(11-13)18-9-10-19(23)21(20-18)12-15-5-7-16(8-6-15)22(24)25/h3-11H,12H2,1-2H3. The fourth-order valence-corrected chi connectivity index (χ4v) is 2.61. The number of benzene rings is 2.